The van der Waals surface area contributed by atoms with Gasteiger partial charge >= 0.3 is 5.97 Å². The fourth-order valence-corrected chi connectivity index (χ4v) is 2.85. The summed E-state index contributed by atoms with van der Waals surface area (Å²) in [5.41, 5.74) is 1.11. The topological polar surface area (TPSA) is 83.1 Å². The van der Waals surface area contributed by atoms with Crippen LogP contribution >= 0.6 is 0 Å². The van der Waals surface area contributed by atoms with Crippen LogP contribution in [0.2, 0.25) is 0 Å². The highest BCUT2D eigenvalue weighted by Crippen LogP contribution is 2.31. The summed E-state index contributed by atoms with van der Waals surface area (Å²) in [5, 5.41) is 2.69. The quantitative estimate of drug-likeness (QED) is 0.389. The lowest BCUT2D eigenvalue weighted by molar-refractivity contribution is -0.142. The lowest BCUT2D eigenvalue weighted by atomic mass is 10.1. The van der Waals surface area contributed by atoms with Crippen molar-refractivity contribution in [1.82, 2.24) is 0 Å². The molecule has 32 heavy (non-hydrogen) atoms. The third-order valence-corrected chi connectivity index (χ3v) is 4.31. The van der Waals surface area contributed by atoms with Gasteiger partial charge in [-0.15, -0.1) is 0 Å². The van der Waals surface area contributed by atoms with Crippen LogP contribution < -0.4 is 19.5 Å². The third kappa shape index (κ3) is 6.12. The molecular weight excluding hydrogens is 410 g/mol. The summed E-state index contributed by atoms with van der Waals surface area (Å²) in [5.74, 6) is 0.987. The molecule has 7 nitrogen and oxygen atoms in total. The predicted octanol–water partition coefficient (Wildman–Crippen LogP) is 4.69. The van der Waals surface area contributed by atoms with Crippen molar-refractivity contribution in [2.75, 3.05) is 26.1 Å². The van der Waals surface area contributed by atoms with E-state index in [4.69, 9.17) is 18.9 Å². The molecule has 0 unspecified atom stereocenters. The predicted molar refractivity (Wildman–Crippen MR) is 121 cm³/mol. The van der Waals surface area contributed by atoms with E-state index in [2.05, 4.69) is 5.32 Å². The first kappa shape index (κ1) is 22.4. The van der Waals surface area contributed by atoms with Crippen molar-refractivity contribution >= 4 is 23.6 Å². The molecule has 0 heterocycles. The van der Waals surface area contributed by atoms with E-state index in [0.29, 0.717) is 34.2 Å². The minimum Gasteiger partial charge on any atom is -0.493 e. The average Bonchev–Trinajstić information content (AvgIpc) is 2.83. The second-order valence-electron chi connectivity index (χ2n) is 6.48. The average molecular weight is 433 g/mol. The number of rotatable bonds is 9. The molecule has 1 amide bonds. The first-order valence-electron chi connectivity index (χ1n) is 9.78. The normalized spacial score (nSPS) is 10.4. The molecule has 3 aromatic rings. The van der Waals surface area contributed by atoms with Crippen molar-refractivity contribution in [3.05, 3.63) is 84.4 Å². The van der Waals surface area contributed by atoms with Crippen LogP contribution in [0, 0.1) is 0 Å². The lowest BCUT2D eigenvalue weighted by Crippen LogP contribution is -2.20. The van der Waals surface area contributed by atoms with Crippen molar-refractivity contribution in [2.45, 2.75) is 0 Å². The summed E-state index contributed by atoms with van der Waals surface area (Å²) < 4.78 is 21.4. The summed E-state index contributed by atoms with van der Waals surface area (Å²) in [6.45, 7) is -0.446. The number of carbonyl (C=O) groups excluding carboxylic acids is 2. The zero-order chi connectivity index (χ0) is 22.8. The van der Waals surface area contributed by atoms with Gasteiger partial charge in [0, 0.05) is 11.6 Å². The molecule has 0 aliphatic heterocycles. The largest absolute Gasteiger partial charge is 0.493 e. The number of esters is 1. The van der Waals surface area contributed by atoms with Gasteiger partial charge in [-0.05, 0) is 36.4 Å². The van der Waals surface area contributed by atoms with Crippen LogP contribution in [0.1, 0.15) is 5.56 Å². The van der Waals surface area contributed by atoms with Gasteiger partial charge in [0.15, 0.2) is 23.9 Å². The van der Waals surface area contributed by atoms with E-state index < -0.39 is 18.5 Å². The summed E-state index contributed by atoms with van der Waals surface area (Å²) in [4.78, 5) is 24.3. The SMILES string of the molecule is COc1cccc(/C=C/C(=O)OCC(=O)Nc2ccccc2Oc2ccccc2)c1OC. The highest BCUT2D eigenvalue weighted by atomic mass is 16.5. The molecule has 0 aliphatic carbocycles. The number of benzene rings is 3. The van der Waals surface area contributed by atoms with Gasteiger partial charge in [0.25, 0.3) is 5.91 Å². The molecule has 0 saturated heterocycles. The number of amides is 1. The molecule has 0 fully saturated rings. The van der Waals surface area contributed by atoms with Crippen LogP contribution in [0.5, 0.6) is 23.0 Å². The van der Waals surface area contributed by atoms with E-state index in [1.165, 1.54) is 26.4 Å². The Hall–Kier alpha value is -4.26. The number of hydrogen-bond donors (Lipinski definition) is 1. The van der Waals surface area contributed by atoms with Crippen molar-refractivity contribution in [3.63, 3.8) is 0 Å². The number of hydrogen-bond acceptors (Lipinski definition) is 6. The summed E-state index contributed by atoms with van der Waals surface area (Å²) in [7, 11) is 3.04. The second-order valence-corrected chi connectivity index (χ2v) is 6.48. The van der Waals surface area contributed by atoms with E-state index in [0.717, 1.165) is 0 Å². The first-order valence-corrected chi connectivity index (χ1v) is 9.78. The Labute approximate surface area is 186 Å². The van der Waals surface area contributed by atoms with Gasteiger partial charge in [0.1, 0.15) is 5.75 Å². The Morgan fingerprint density at radius 2 is 1.56 bits per heavy atom. The highest BCUT2D eigenvalue weighted by Gasteiger charge is 2.11. The first-order chi connectivity index (χ1) is 15.6. The van der Waals surface area contributed by atoms with E-state index in [1.807, 2.05) is 30.3 Å². The molecular formula is C25H23NO6. The molecule has 1 N–H and O–H groups in total. The van der Waals surface area contributed by atoms with Gasteiger partial charge in [0.05, 0.1) is 19.9 Å². The van der Waals surface area contributed by atoms with E-state index in [9.17, 15) is 9.59 Å². The Balaban J connectivity index is 1.57. The van der Waals surface area contributed by atoms with Gasteiger partial charge in [-0.1, -0.05) is 42.5 Å². The van der Waals surface area contributed by atoms with E-state index in [1.54, 1.807) is 42.5 Å². The monoisotopic (exact) mass is 433 g/mol. The number of ether oxygens (including phenoxy) is 4. The second kappa shape index (κ2) is 11.2. The van der Waals surface area contributed by atoms with Gasteiger partial charge < -0.3 is 24.3 Å². The molecule has 3 rings (SSSR count). The Morgan fingerprint density at radius 1 is 0.844 bits per heavy atom. The number of anilines is 1. The van der Waals surface area contributed by atoms with Crippen LogP contribution in [0.4, 0.5) is 5.69 Å². The van der Waals surface area contributed by atoms with E-state index in [-0.39, 0.29) is 0 Å². The van der Waals surface area contributed by atoms with Crippen LogP contribution in [-0.2, 0) is 14.3 Å². The van der Waals surface area contributed by atoms with Crippen molar-refractivity contribution < 1.29 is 28.5 Å². The third-order valence-electron chi connectivity index (χ3n) is 4.31. The number of nitrogens with one attached hydrogen (secondary N) is 1. The Kier molecular flexibility index (Phi) is 7.86. The van der Waals surface area contributed by atoms with Crippen LogP contribution in [0.25, 0.3) is 6.08 Å². The zero-order valence-corrected chi connectivity index (χ0v) is 17.7. The summed E-state index contributed by atoms with van der Waals surface area (Å²) >= 11 is 0. The minimum atomic E-state index is -0.668. The summed E-state index contributed by atoms with van der Waals surface area (Å²) in [6.07, 6.45) is 2.75. The van der Waals surface area contributed by atoms with Crippen LogP contribution in [-0.4, -0.2) is 32.7 Å². The molecule has 0 aliphatic rings. The summed E-state index contributed by atoms with van der Waals surface area (Å²) in [6, 6.07) is 21.5. The molecule has 3 aromatic carbocycles. The van der Waals surface area contributed by atoms with Crippen molar-refractivity contribution in [2.24, 2.45) is 0 Å². The maximum Gasteiger partial charge on any atom is 0.331 e. The fraction of sp³-hybridized carbons (Fsp3) is 0.120. The standard InChI is InChI=1S/C25H23NO6/c1-29-22-14-8-9-18(25(22)30-2)15-16-24(28)31-17-23(27)26-20-12-6-7-13-21(20)32-19-10-4-3-5-11-19/h3-16H,17H2,1-2H3,(H,26,27)/b16-15+. The molecule has 0 aromatic heterocycles. The number of carbonyl (C=O) groups is 2. The van der Waals surface area contributed by atoms with Gasteiger partial charge in [0.2, 0.25) is 0 Å². The molecule has 0 saturated carbocycles. The molecule has 0 radical (unpaired) electrons. The smallest absolute Gasteiger partial charge is 0.331 e. The molecule has 0 spiro atoms. The maximum absolute atomic E-state index is 12.3. The molecule has 0 bridgehead atoms. The lowest BCUT2D eigenvalue weighted by Gasteiger charge is -2.12. The Bertz CT molecular complexity index is 1090. The van der Waals surface area contributed by atoms with Gasteiger partial charge in [-0.2, -0.15) is 0 Å². The zero-order valence-electron chi connectivity index (χ0n) is 17.7. The van der Waals surface area contributed by atoms with Crippen molar-refractivity contribution in [3.8, 4) is 23.0 Å². The van der Waals surface area contributed by atoms with Crippen LogP contribution in [0.15, 0.2) is 78.9 Å². The highest BCUT2D eigenvalue weighted by molar-refractivity contribution is 5.95. The molecule has 164 valence electrons. The van der Waals surface area contributed by atoms with Crippen LogP contribution in [0.3, 0.4) is 0 Å². The minimum absolute atomic E-state index is 0.446. The maximum atomic E-state index is 12.3. The van der Waals surface area contributed by atoms with Crippen molar-refractivity contribution in [1.29, 1.82) is 0 Å². The fourth-order valence-electron chi connectivity index (χ4n) is 2.85. The van der Waals surface area contributed by atoms with E-state index >= 15 is 0 Å². The molecule has 7 heteroatoms. The molecule has 0 atom stereocenters. The number of methoxy groups -OCH3 is 2. The van der Waals surface area contributed by atoms with Gasteiger partial charge in [-0.3, -0.25) is 4.79 Å². The van der Waals surface area contributed by atoms with Gasteiger partial charge in [-0.25, -0.2) is 4.79 Å². The Morgan fingerprint density at radius 3 is 2.31 bits per heavy atom. The number of para-hydroxylation sites is 4.